The number of carbonyl (C=O) groups excluding carboxylic acids is 1. The molecule has 0 saturated carbocycles. The largest absolute Gasteiger partial charge is 0.507 e. The summed E-state index contributed by atoms with van der Waals surface area (Å²) in [5.41, 5.74) is 0.235. The Morgan fingerprint density at radius 2 is 1.95 bits per heavy atom. The summed E-state index contributed by atoms with van der Waals surface area (Å²) in [7, 11) is 0. The lowest BCUT2D eigenvalue weighted by Gasteiger charge is -2.07. The number of pyridine rings is 1. The van der Waals surface area contributed by atoms with Crippen LogP contribution < -0.4 is 5.32 Å². The zero-order chi connectivity index (χ0) is 14.7. The molecule has 0 radical (unpaired) electrons. The first kappa shape index (κ1) is 13.8. The Kier molecular flexibility index (Phi) is 3.86. The lowest BCUT2D eigenvalue weighted by molar-refractivity contribution is 0.0693. The van der Waals surface area contributed by atoms with Gasteiger partial charge in [-0.2, -0.15) is 0 Å². The molecule has 0 aliphatic heterocycles. The highest BCUT2D eigenvalue weighted by molar-refractivity contribution is 6.34. The van der Waals surface area contributed by atoms with Crippen LogP contribution in [0.3, 0.4) is 0 Å². The second-order valence-electron chi connectivity index (χ2n) is 3.85. The molecule has 1 aromatic heterocycles. The number of rotatable bonds is 3. The van der Waals surface area contributed by atoms with Gasteiger partial charge in [0, 0.05) is 24.1 Å². The Bertz CT molecular complexity index is 688. The average molecular weight is 293 g/mol. The minimum Gasteiger partial charge on any atom is -0.507 e. The van der Waals surface area contributed by atoms with E-state index < -0.39 is 17.6 Å². The van der Waals surface area contributed by atoms with Gasteiger partial charge in [0.1, 0.15) is 11.3 Å². The van der Waals surface area contributed by atoms with E-state index in [1.54, 1.807) is 0 Å². The lowest BCUT2D eigenvalue weighted by Crippen LogP contribution is -2.12. The summed E-state index contributed by atoms with van der Waals surface area (Å²) in [6, 6.07) is 5.16. The molecule has 0 aliphatic carbocycles. The van der Waals surface area contributed by atoms with E-state index in [0.29, 0.717) is 0 Å². The monoisotopic (exact) mass is 292 g/mol. The fourth-order valence-electron chi connectivity index (χ4n) is 1.55. The highest BCUT2D eigenvalue weighted by Gasteiger charge is 2.13. The summed E-state index contributed by atoms with van der Waals surface area (Å²) in [5, 5.41) is 21.0. The van der Waals surface area contributed by atoms with Crippen LogP contribution in [0.25, 0.3) is 0 Å². The quantitative estimate of drug-likeness (QED) is 0.806. The summed E-state index contributed by atoms with van der Waals surface area (Å²) < 4.78 is 0. The van der Waals surface area contributed by atoms with Crippen molar-refractivity contribution in [3.05, 3.63) is 52.8 Å². The molecule has 3 N–H and O–H groups in total. The Labute approximate surface area is 118 Å². The van der Waals surface area contributed by atoms with E-state index in [9.17, 15) is 14.7 Å². The topological polar surface area (TPSA) is 99.5 Å². The van der Waals surface area contributed by atoms with E-state index in [-0.39, 0.29) is 21.8 Å². The van der Waals surface area contributed by atoms with Crippen molar-refractivity contribution in [2.24, 2.45) is 0 Å². The number of nitrogens with one attached hydrogen (secondary N) is 1. The number of carboxylic acids is 1. The average Bonchev–Trinajstić information content (AvgIpc) is 2.38. The molecular formula is C13H9ClN2O4. The van der Waals surface area contributed by atoms with Crippen molar-refractivity contribution < 1.29 is 19.8 Å². The number of aromatic hydroxyl groups is 1. The van der Waals surface area contributed by atoms with Crippen molar-refractivity contribution in [2.75, 3.05) is 5.32 Å². The van der Waals surface area contributed by atoms with Gasteiger partial charge in [0.2, 0.25) is 0 Å². The number of nitrogens with zero attached hydrogens (tertiary/aromatic N) is 1. The van der Waals surface area contributed by atoms with Crippen molar-refractivity contribution in [3.63, 3.8) is 0 Å². The number of benzene rings is 1. The molecule has 0 aliphatic rings. The van der Waals surface area contributed by atoms with Gasteiger partial charge in [-0.3, -0.25) is 9.78 Å². The van der Waals surface area contributed by atoms with E-state index >= 15 is 0 Å². The number of hydrogen-bond donors (Lipinski definition) is 3. The molecule has 2 aromatic rings. The maximum absolute atomic E-state index is 11.9. The Hall–Kier alpha value is -2.60. The number of carbonyl (C=O) groups is 2. The fraction of sp³-hybridized carbons (Fsp3) is 0. The summed E-state index contributed by atoms with van der Waals surface area (Å²) in [4.78, 5) is 26.5. The summed E-state index contributed by atoms with van der Waals surface area (Å²) in [6.07, 6.45) is 2.76. The van der Waals surface area contributed by atoms with Crippen molar-refractivity contribution in [1.29, 1.82) is 0 Å². The number of carboxylic acid groups (broad SMARTS) is 1. The third-order valence-corrected chi connectivity index (χ3v) is 2.80. The number of amides is 1. The number of aromatic nitrogens is 1. The first-order chi connectivity index (χ1) is 9.49. The molecule has 7 heteroatoms. The van der Waals surface area contributed by atoms with Crippen molar-refractivity contribution in [1.82, 2.24) is 4.98 Å². The minimum atomic E-state index is -1.25. The molecule has 0 bridgehead atoms. The van der Waals surface area contributed by atoms with Crippen molar-refractivity contribution >= 4 is 29.2 Å². The molecule has 102 valence electrons. The molecule has 0 atom stereocenters. The van der Waals surface area contributed by atoms with Gasteiger partial charge in [0.15, 0.2) is 0 Å². The van der Waals surface area contributed by atoms with Crippen LogP contribution in [-0.4, -0.2) is 27.1 Å². The third-order valence-electron chi connectivity index (χ3n) is 2.50. The molecule has 2 rings (SSSR count). The number of aromatic carboxylic acids is 1. The maximum Gasteiger partial charge on any atom is 0.339 e. The van der Waals surface area contributed by atoms with E-state index in [4.69, 9.17) is 16.7 Å². The Morgan fingerprint density at radius 3 is 2.55 bits per heavy atom. The first-order valence-electron chi connectivity index (χ1n) is 5.46. The molecule has 0 unspecified atom stereocenters. The zero-order valence-corrected chi connectivity index (χ0v) is 10.8. The number of phenols is 1. The van der Waals surface area contributed by atoms with Gasteiger partial charge in [-0.1, -0.05) is 11.6 Å². The Balaban J connectivity index is 2.23. The van der Waals surface area contributed by atoms with E-state index in [1.807, 2.05) is 0 Å². The molecule has 0 saturated heterocycles. The van der Waals surface area contributed by atoms with Gasteiger partial charge in [0.05, 0.1) is 10.6 Å². The van der Waals surface area contributed by atoms with Crippen LogP contribution in [0, 0.1) is 0 Å². The molecule has 0 fully saturated rings. The first-order valence-corrected chi connectivity index (χ1v) is 5.84. The van der Waals surface area contributed by atoms with Crippen LogP contribution in [0.4, 0.5) is 5.69 Å². The van der Waals surface area contributed by atoms with Crippen LogP contribution in [0.1, 0.15) is 20.7 Å². The van der Waals surface area contributed by atoms with Gasteiger partial charge in [-0.25, -0.2) is 4.79 Å². The van der Waals surface area contributed by atoms with Crippen molar-refractivity contribution in [2.45, 2.75) is 0 Å². The SMILES string of the molecule is O=C(O)c1ccc(NC(=O)c2ccncc2Cl)cc1O. The molecule has 1 aromatic carbocycles. The highest BCUT2D eigenvalue weighted by atomic mass is 35.5. The number of halogens is 1. The maximum atomic E-state index is 11.9. The highest BCUT2D eigenvalue weighted by Crippen LogP contribution is 2.23. The van der Waals surface area contributed by atoms with Crippen molar-refractivity contribution in [3.8, 4) is 5.75 Å². The smallest absolute Gasteiger partial charge is 0.339 e. The van der Waals surface area contributed by atoms with Gasteiger partial charge >= 0.3 is 5.97 Å². The van der Waals surface area contributed by atoms with Crippen LogP contribution in [-0.2, 0) is 0 Å². The molecule has 1 amide bonds. The normalized spacial score (nSPS) is 10.1. The number of anilines is 1. The van der Waals surface area contributed by atoms with Crippen LogP contribution in [0.5, 0.6) is 5.75 Å². The standard InChI is InChI=1S/C13H9ClN2O4/c14-10-6-15-4-3-8(10)12(18)16-7-1-2-9(13(19)20)11(17)5-7/h1-6,17H,(H,16,18)(H,19,20). The van der Waals surface area contributed by atoms with E-state index in [1.165, 1.54) is 30.6 Å². The fourth-order valence-corrected chi connectivity index (χ4v) is 1.75. The minimum absolute atomic E-state index is 0.191. The predicted octanol–water partition coefficient (Wildman–Crippen LogP) is 2.39. The summed E-state index contributed by atoms with van der Waals surface area (Å²) in [5.74, 6) is -2.17. The van der Waals surface area contributed by atoms with Gasteiger partial charge in [-0.15, -0.1) is 0 Å². The molecule has 6 nitrogen and oxygen atoms in total. The summed E-state index contributed by atoms with van der Waals surface area (Å²) >= 11 is 5.83. The predicted molar refractivity (Wildman–Crippen MR) is 72.3 cm³/mol. The number of hydrogen-bond acceptors (Lipinski definition) is 4. The lowest BCUT2D eigenvalue weighted by atomic mass is 10.1. The van der Waals surface area contributed by atoms with E-state index in [0.717, 1.165) is 6.07 Å². The zero-order valence-electron chi connectivity index (χ0n) is 10.0. The van der Waals surface area contributed by atoms with Crippen LogP contribution in [0.2, 0.25) is 5.02 Å². The van der Waals surface area contributed by atoms with Gasteiger partial charge in [-0.05, 0) is 18.2 Å². The summed E-state index contributed by atoms with van der Waals surface area (Å²) in [6.45, 7) is 0. The third kappa shape index (κ3) is 2.86. The van der Waals surface area contributed by atoms with Crippen LogP contribution >= 0.6 is 11.6 Å². The molecule has 0 spiro atoms. The molecule has 1 heterocycles. The van der Waals surface area contributed by atoms with E-state index in [2.05, 4.69) is 10.3 Å². The van der Waals surface area contributed by atoms with Gasteiger partial charge in [0.25, 0.3) is 5.91 Å². The Morgan fingerprint density at radius 1 is 1.20 bits per heavy atom. The second-order valence-corrected chi connectivity index (χ2v) is 4.25. The van der Waals surface area contributed by atoms with Gasteiger partial charge < -0.3 is 15.5 Å². The van der Waals surface area contributed by atoms with Crippen LogP contribution in [0.15, 0.2) is 36.7 Å². The molecule has 20 heavy (non-hydrogen) atoms. The molecular weight excluding hydrogens is 284 g/mol. The second kappa shape index (κ2) is 5.58.